The van der Waals surface area contributed by atoms with Crippen molar-refractivity contribution in [2.45, 2.75) is 46.6 Å². The van der Waals surface area contributed by atoms with Crippen LogP contribution in [0.3, 0.4) is 0 Å². The van der Waals surface area contributed by atoms with Gasteiger partial charge in [-0.25, -0.2) is 0 Å². The number of rotatable bonds is 2. The van der Waals surface area contributed by atoms with Gasteiger partial charge in [-0.3, -0.25) is 14.5 Å². The summed E-state index contributed by atoms with van der Waals surface area (Å²) in [4.78, 5) is 32.6. The van der Waals surface area contributed by atoms with Gasteiger partial charge in [-0.15, -0.1) is 0 Å². The van der Waals surface area contributed by atoms with E-state index in [2.05, 4.69) is 30.2 Å². The molecule has 0 spiro atoms. The molecule has 0 saturated carbocycles. The molecule has 1 atom stereocenters. The van der Waals surface area contributed by atoms with Gasteiger partial charge in [0.25, 0.3) is 0 Å². The van der Waals surface area contributed by atoms with Crippen LogP contribution in [0.5, 0.6) is 0 Å². The highest BCUT2D eigenvalue weighted by Crippen LogP contribution is 2.49. The summed E-state index contributed by atoms with van der Waals surface area (Å²) in [5, 5.41) is 4.60. The minimum atomic E-state index is -0.490. The number of carbonyl (C=O) groups excluding carboxylic acids is 2. The zero-order valence-corrected chi connectivity index (χ0v) is 19.0. The van der Waals surface area contributed by atoms with Crippen LogP contribution >= 0.6 is 0 Å². The number of para-hydroxylation sites is 3. The number of allylic oxidation sites excluding steroid dienone is 1. The molecule has 1 aliphatic carbocycles. The molecule has 5 nitrogen and oxygen atoms in total. The van der Waals surface area contributed by atoms with Crippen molar-refractivity contribution < 1.29 is 9.59 Å². The molecule has 0 bridgehead atoms. The molecule has 32 heavy (non-hydrogen) atoms. The summed E-state index contributed by atoms with van der Waals surface area (Å²) in [7, 11) is 0. The van der Waals surface area contributed by atoms with Crippen molar-refractivity contribution in [3.8, 4) is 0 Å². The number of fused-ring (bicyclic) bond motifs is 2. The highest BCUT2D eigenvalue weighted by molar-refractivity contribution is 6.07. The lowest BCUT2D eigenvalue weighted by Gasteiger charge is -2.37. The van der Waals surface area contributed by atoms with Crippen LogP contribution in [0.4, 0.5) is 11.4 Å². The predicted octanol–water partition coefficient (Wildman–Crippen LogP) is 5.97. The van der Waals surface area contributed by atoms with E-state index < -0.39 is 6.04 Å². The molecule has 2 aromatic carbocycles. The van der Waals surface area contributed by atoms with Gasteiger partial charge in [0.2, 0.25) is 5.91 Å². The van der Waals surface area contributed by atoms with E-state index in [4.69, 9.17) is 0 Å². The van der Waals surface area contributed by atoms with E-state index in [1.165, 1.54) is 0 Å². The fraction of sp³-hybridized carbons (Fsp3) is 0.333. The van der Waals surface area contributed by atoms with Gasteiger partial charge < -0.3 is 10.3 Å². The van der Waals surface area contributed by atoms with E-state index in [-0.39, 0.29) is 23.0 Å². The molecule has 0 saturated heterocycles. The second kappa shape index (κ2) is 7.37. The van der Waals surface area contributed by atoms with Gasteiger partial charge in [-0.2, -0.15) is 0 Å². The molecule has 3 aromatic rings. The van der Waals surface area contributed by atoms with Crippen LogP contribution in [-0.4, -0.2) is 16.7 Å². The fourth-order valence-electron chi connectivity index (χ4n) is 5.12. The minimum Gasteiger partial charge on any atom is -0.361 e. The van der Waals surface area contributed by atoms with Crippen LogP contribution < -0.4 is 10.2 Å². The second-order valence-corrected chi connectivity index (χ2v) is 10.0. The predicted molar refractivity (Wildman–Crippen MR) is 128 cm³/mol. The number of nitrogens with zero attached hydrogens (tertiary/aromatic N) is 1. The molecular formula is C27H29N3O2. The highest BCUT2D eigenvalue weighted by Gasteiger charge is 2.44. The topological polar surface area (TPSA) is 65.2 Å². The SMILES string of the molecule is CC(C)C(=O)N1c2ccccc2NC2=C(C(=O)CC(C)(C)C2)C1c1c[nH]c2ccccc12. The minimum absolute atomic E-state index is 0.000847. The van der Waals surface area contributed by atoms with E-state index >= 15 is 0 Å². The lowest BCUT2D eigenvalue weighted by Crippen LogP contribution is -2.41. The first-order chi connectivity index (χ1) is 15.3. The molecule has 5 heteroatoms. The smallest absolute Gasteiger partial charge is 0.230 e. The normalized spacial score (nSPS) is 20.1. The van der Waals surface area contributed by atoms with Crippen molar-refractivity contribution in [1.82, 2.24) is 4.98 Å². The Hall–Kier alpha value is -3.34. The Labute approximate surface area is 188 Å². The molecule has 164 valence electrons. The number of anilines is 2. The third-order valence-corrected chi connectivity index (χ3v) is 6.55. The fourth-order valence-corrected chi connectivity index (χ4v) is 5.12. The Bertz CT molecular complexity index is 1260. The van der Waals surface area contributed by atoms with Crippen LogP contribution in [0, 0.1) is 11.3 Å². The van der Waals surface area contributed by atoms with E-state index in [9.17, 15) is 9.59 Å². The lowest BCUT2D eigenvalue weighted by atomic mass is 9.73. The Morgan fingerprint density at radius 3 is 2.56 bits per heavy atom. The maximum absolute atomic E-state index is 13.7. The van der Waals surface area contributed by atoms with Crippen LogP contribution in [-0.2, 0) is 9.59 Å². The standard InChI is InChI=1S/C27H29N3O2/c1-16(2)26(32)30-22-12-8-7-11-20(22)29-21-13-27(3,4)14-23(31)24(21)25(30)18-15-28-19-10-6-5-9-17(18)19/h5-12,15-16,25,28-29H,13-14H2,1-4H3. The third kappa shape index (κ3) is 3.24. The quantitative estimate of drug-likeness (QED) is 0.530. The summed E-state index contributed by atoms with van der Waals surface area (Å²) < 4.78 is 0. The Balaban J connectivity index is 1.84. The molecule has 2 heterocycles. The number of hydrogen-bond acceptors (Lipinski definition) is 3. The molecule has 1 unspecified atom stereocenters. The van der Waals surface area contributed by atoms with Crippen LogP contribution in [0.2, 0.25) is 0 Å². The number of H-pyrrole nitrogens is 1. The average Bonchev–Trinajstić information content (AvgIpc) is 3.10. The lowest BCUT2D eigenvalue weighted by molar-refractivity contribution is -0.122. The van der Waals surface area contributed by atoms with Crippen molar-refractivity contribution in [3.05, 3.63) is 71.6 Å². The molecule has 1 amide bonds. The maximum Gasteiger partial charge on any atom is 0.230 e. The molecule has 1 aliphatic heterocycles. The molecule has 2 aliphatic rings. The molecular weight excluding hydrogens is 398 g/mol. The summed E-state index contributed by atoms with van der Waals surface area (Å²) >= 11 is 0. The number of nitrogens with one attached hydrogen (secondary N) is 2. The second-order valence-electron chi connectivity index (χ2n) is 10.0. The molecule has 1 aromatic heterocycles. The van der Waals surface area contributed by atoms with Gasteiger partial charge in [-0.05, 0) is 30.0 Å². The third-order valence-electron chi connectivity index (χ3n) is 6.55. The Morgan fingerprint density at radius 1 is 1.06 bits per heavy atom. The van der Waals surface area contributed by atoms with Crippen molar-refractivity contribution in [1.29, 1.82) is 0 Å². The summed E-state index contributed by atoms with van der Waals surface area (Å²) in [6.45, 7) is 8.09. The number of aromatic nitrogens is 1. The Morgan fingerprint density at radius 2 is 1.78 bits per heavy atom. The summed E-state index contributed by atoms with van der Waals surface area (Å²) in [5.74, 6) is -0.109. The number of ketones is 1. The van der Waals surface area contributed by atoms with Gasteiger partial charge in [-0.1, -0.05) is 58.0 Å². The monoisotopic (exact) mass is 427 g/mol. The van der Waals surface area contributed by atoms with Gasteiger partial charge in [0.15, 0.2) is 5.78 Å². The van der Waals surface area contributed by atoms with Crippen molar-refractivity contribution in [2.75, 3.05) is 10.2 Å². The van der Waals surface area contributed by atoms with E-state index in [1.807, 2.05) is 67.4 Å². The van der Waals surface area contributed by atoms with E-state index in [0.717, 1.165) is 40.0 Å². The first-order valence-electron chi connectivity index (χ1n) is 11.3. The maximum atomic E-state index is 13.7. The largest absolute Gasteiger partial charge is 0.361 e. The van der Waals surface area contributed by atoms with Gasteiger partial charge >= 0.3 is 0 Å². The zero-order valence-electron chi connectivity index (χ0n) is 19.0. The number of hydrogen-bond donors (Lipinski definition) is 2. The first kappa shape index (κ1) is 20.6. The summed E-state index contributed by atoms with van der Waals surface area (Å²) in [6.07, 6.45) is 3.18. The summed E-state index contributed by atoms with van der Waals surface area (Å²) in [6, 6.07) is 15.5. The Kier molecular flexibility index (Phi) is 4.73. The van der Waals surface area contributed by atoms with Gasteiger partial charge in [0.1, 0.15) is 0 Å². The van der Waals surface area contributed by atoms with Gasteiger partial charge in [0.05, 0.1) is 17.4 Å². The number of aromatic amines is 1. The zero-order chi connectivity index (χ0) is 22.6. The van der Waals surface area contributed by atoms with Crippen molar-refractivity contribution >= 4 is 34.0 Å². The van der Waals surface area contributed by atoms with Crippen LogP contribution in [0.1, 0.15) is 52.1 Å². The van der Waals surface area contributed by atoms with Crippen LogP contribution in [0.15, 0.2) is 66.0 Å². The summed E-state index contributed by atoms with van der Waals surface area (Å²) in [5.41, 5.74) is 5.11. The van der Waals surface area contributed by atoms with E-state index in [1.54, 1.807) is 0 Å². The first-order valence-corrected chi connectivity index (χ1v) is 11.3. The van der Waals surface area contributed by atoms with Crippen molar-refractivity contribution in [2.24, 2.45) is 11.3 Å². The highest BCUT2D eigenvalue weighted by atomic mass is 16.2. The number of Topliss-reactive ketones (excluding diaryl/α,β-unsaturated/α-hetero) is 1. The molecule has 0 radical (unpaired) electrons. The van der Waals surface area contributed by atoms with E-state index in [0.29, 0.717) is 12.0 Å². The van der Waals surface area contributed by atoms with Gasteiger partial charge in [0, 0.05) is 46.3 Å². The van der Waals surface area contributed by atoms with Crippen molar-refractivity contribution in [3.63, 3.8) is 0 Å². The van der Waals surface area contributed by atoms with Crippen LogP contribution in [0.25, 0.3) is 10.9 Å². The molecule has 0 fully saturated rings. The number of benzene rings is 2. The average molecular weight is 428 g/mol. The molecule has 2 N–H and O–H groups in total. The number of carbonyl (C=O) groups is 2. The molecule has 5 rings (SSSR count). The number of amides is 1.